The van der Waals surface area contributed by atoms with Gasteiger partial charge in [0.1, 0.15) is 19.8 Å². The molecule has 11 heteroatoms. The van der Waals surface area contributed by atoms with Crippen LogP contribution in [0.2, 0.25) is 0 Å². The van der Waals surface area contributed by atoms with Gasteiger partial charge in [-0.25, -0.2) is 23.3 Å². The highest BCUT2D eigenvalue weighted by Gasteiger charge is 2.28. The van der Waals surface area contributed by atoms with Gasteiger partial charge in [0.2, 0.25) is 5.88 Å². The van der Waals surface area contributed by atoms with Crippen molar-refractivity contribution in [2.75, 3.05) is 0 Å². The maximum atomic E-state index is 13.4. The largest absolute Gasteiger partial charge is 0.473 e. The lowest BCUT2D eigenvalue weighted by Gasteiger charge is -2.13. The average molecular weight is 598 g/mol. The number of rotatable bonds is 11. The first kappa shape index (κ1) is 29.1. The van der Waals surface area contributed by atoms with Gasteiger partial charge in [0.25, 0.3) is 0 Å². The minimum atomic E-state index is -4.61. The summed E-state index contributed by atoms with van der Waals surface area (Å²) in [5.41, 5.74) is 2.69. The standard InChI is InChI=1S/C32H27N3O7S/c36-31(41-22-25-12-6-2-7-13-25)30-28(27-16-17-29(33-20-27)40-21-24-10-4-1-5-11-24)18-19-35(30)43(38,39)34-32(37)42-23-26-14-8-3-9-15-26/h1-20H,21-23H2,(H,34,37). The minimum absolute atomic E-state index is 0.0958. The number of hydrogen-bond donors (Lipinski definition) is 1. The van der Waals surface area contributed by atoms with E-state index in [1.54, 1.807) is 66.7 Å². The molecule has 0 bridgehead atoms. The van der Waals surface area contributed by atoms with Crippen molar-refractivity contribution in [2.24, 2.45) is 0 Å². The van der Waals surface area contributed by atoms with Crippen LogP contribution in [-0.4, -0.2) is 29.4 Å². The van der Waals surface area contributed by atoms with Crippen LogP contribution in [0.25, 0.3) is 11.1 Å². The number of benzene rings is 3. The SMILES string of the molecule is O=C(NS(=O)(=O)n1ccc(-c2ccc(OCc3ccccc3)nc2)c1C(=O)OCc1ccccc1)OCc1ccccc1. The molecule has 218 valence electrons. The number of carbonyl (C=O) groups is 2. The fraction of sp³-hybridized carbons (Fsp3) is 0.0938. The Morgan fingerprint density at radius 2 is 1.26 bits per heavy atom. The van der Waals surface area contributed by atoms with Crippen LogP contribution in [0.5, 0.6) is 5.88 Å². The van der Waals surface area contributed by atoms with Crippen molar-refractivity contribution < 1.29 is 32.2 Å². The summed E-state index contributed by atoms with van der Waals surface area (Å²) in [5.74, 6) is -0.577. The van der Waals surface area contributed by atoms with E-state index in [-0.39, 0.29) is 24.5 Å². The molecule has 10 nitrogen and oxygen atoms in total. The molecular weight excluding hydrogens is 570 g/mol. The molecule has 0 fully saturated rings. The summed E-state index contributed by atoms with van der Waals surface area (Å²) in [6.45, 7) is 0.0712. The molecular formula is C32H27N3O7S. The minimum Gasteiger partial charge on any atom is -0.473 e. The van der Waals surface area contributed by atoms with Gasteiger partial charge in [0, 0.05) is 29.6 Å². The number of aromatic nitrogens is 2. The van der Waals surface area contributed by atoms with Crippen LogP contribution in [0, 0.1) is 0 Å². The molecule has 5 rings (SSSR count). The molecule has 0 saturated carbocycles. The van der Waals surface area contributed by atoms with Gasteiger partial charge < -0.3 is 14.2 Å². The van der Waals surface area contributed by atoms with Crippen LogP contribution in [0.4, 0.5) is 4.79 Å². The van der Waals surface area contributed by atoms with Crippen molar-refractivity contribution in [2.45, 2.75) is 19.8 Å². The van der Waals surface area contributed by atoms with Crippen molar-refractivity contribution in [3.05, 3.63) is 144 Å². The number of nitrogens with zero attached hydrogens (tertiary/aromatic N) is 2. The maximum absolute atomic E-state index is 13.4. The number of pyridine rings is 1. The van der Waals surface area contributed by atoms with Crippen LogP contribution < -0.4 is 9.46 Å². The molecule has 2 aromatic heterocycles. The van der Waals surface area contributed by atoms with E-state index in [4.69, 9.17) is 14.2 Å². The molecule has 0 atom stereocenters. The van der Waals surface area contributed by atoms with Crippen LogP contribution in [0.15, 0.2) is 122 Å². The molecule has 0 aliphatic rings. The predicted octanol–water partition coefficient (Wildman–Crippen LogP) is 5.51. The number of carbonyl (C=O) groups excluding carboxylic acids is 2. The molecule has 2 heterocycles. The third-order valence-electron chi connectivity index (χ3n) is 6.22. The van der Waals surface area contributed by atoms with Crippen molar-refractivity contribution in [1.29, 1.82) is 0 Å². The Hall–Kier alpha value is -5.42. The van der Waals surface area contributed by atoms with Crippen molar-refractivity contribution in [3.63, 3.8) is 0 Å². The third kappa shape index (κ3) is 7.66. The Balaban J connectivity index is 1.38. The van der Waals surface area contributed by atoms with Gasteiger partial charge in [-0.3, -0.25) is 0 Å². The van der Waals surface area contributed by atoms with Crippen LogP contribution in [0.3, 0.4) is 0 Å². The highest BCUT2D eigenvalue weighted by atomic mass is 32.2. The lowest BCUT2D eigenvalue weighted by molar-refractivity contribution is 0.0465. The predicted molar refractivity (Wildman–Crippen MR) is 158 cm³/mol. The van der Waals surface area contributed by atoms with E-state index in [0.717, 1.165) is 11.8 Å². The summed E-state index contributed by atoms with van der Waals surface area (Å²) >= 11 is 0. The molecule has 0 radical (unpaired) electrons. The summed E-state index contributed by atoms with van der Waals surface area (Å²) in [7, 11) is -4.61. The summed E-state index contributed by atoms with van der Waals surface area (Å²) in [4.78, 5) is 30.1. The Morgan fingerprint density at radius 3 is 1.81 bits per heavy atom. The van der Waals surface area contributed by atoms with E-state index >= 15 is 0 Å². The van der Waals surface area contributed by atoms with E-state index in [2.05, 4.69) is 4.98 Å². The monoisotopic (exact) mass is 597 g/mol. The fourth-order valence-corrected chi connectivity index (χ4v) is 5.10. The van der Waals surface area contributed by atoms with Gasteiger partial charge in [-0.15, -0.1) is 0 Å². The van der Waals surface area contributed by atoms with Crippen molar-refractivity contribution in [3.8, 4) is 17.0 Å². The number of ether oxygens (including phenoxy) is 3. The Labute approximate surface area is 248 Å². The molecule has 0 aliphatic heterocycles. The zero-order valence-corrected chi connectivity index (χ0v) is 23.6. The number of hydrogen-bond acceptors (Lipinski definition) is 8. The zero-order chi connectivity index (χ0) is 30.1. The first-order chi connectivity index (χ1) is 20.9. The Bertz CT molecular complexity index is 1780. The summed E-state index contributed by atoms with van der Waals surface area (Å²) in [6, 6.07) is 32.0. The summed E-state index contributed by atoms with van der Waals surface area (Å²) in [6.07, 6.45) is 1.41. The van der Waals surface area contributed by atoms with E-state index in [1.807, 2.05) is 41.1 Å². The molecule has 1 amide bonds. The highest BCUT2D eigenvalue weighted by molar-refractivity contribution is 7.88. The van der Waals surface area contributed by atoms with E-state index in [0.29, 0.717) is 33.1 Å². The zero-order valence-electron chi connectivity index (χ0n) is 22.8. The van der Waals surface area contributed by atoms with Gasteiger partial charge in [-0.2, -0.15) is 8.42 Å². The Morgan fingerprint density at radius 1 is 0.698 bits per heavy atom. The van der Waals surface area contributed by atoms with E-state index in [9.17, 15) is 18.0 Å². The fourth-order valence-electron chi connectivity index (χ4n) is 4.10. The Kier molecular flexibility index (Phi) is 9.13. The maximum Gasteiger partial charge on any atom is 0.422 e. The second kappa shape index (κ2) is 13.5. The summed E-state index contributed by atoms with van der Waals surface area (Å²) < 4.78 is 45.3. The molecule has 0 spiro atoms. The van der Waals surface area contributed by atoms with Crippen LogP contribution in [-0.2, 0) is 39.5 Å². The molecule has 3 aromatic carbocycles. The van der Waals surface area contributed by atoms with Crippen LogP contribution in [0.1, 0.15) is 27.2 Å². The summed E-state index contributed by atoms with van der Waals surface area (Å²) in [5, 5.41) is 0. The van der Waals surface area contributed by atoms with E-state index < -0.39 is 22.3 Å². The van der Waals surface area contributed by atoms with Crippen LogP contribution >= 0.6 is 0 Å². The second-order valence-electron chi connectivity index (χ2n) is 9.26. The van der Waals surface area contributed by atoms with Crippen molar-refractivity contribution in [1.82, 2.24) is 13.7 Å². The molecule has 5 aromatic rings. The van der Waals surface area contributed by atoms with Gasteiger partial charge in [-0.05, 0) is 28.8 Å². The second-order valence-corrected chi connectivity index (χ2v) is 10.8. The van der Waals surface area contributed by atoms with Gasteiger partial charge >= 0.3 is 22.3 Å². The van der Waals surface area contributed by atoms with Gasteiger partial charge in [0.15, 0.2) is 5.69 Å². The smallest absolute Gasteiger partial charge is 0.422 e. The third-order valence-corrected chi connectivity index (χ3v) is 7.47. The number of nitrogens with one attached hydrogen (secondary N) is 1. The first-order valence-electron chi connectivity index (χ1n) is 13.2. The molecule has 0 aliphatic carbocycles. The molecule has 43 heavy (non-hydrogen) atoms. The molecule has 1 N–H and O–H groups in total. The highest BCUT2D eigenvalue weighted by Crippen LogP contribution is 2.28. The quantitative estimate of drug-likeness (QED) is 0.198. The molecule has 0 unspecified atom stereocenters. The van der Waals surface area contributed by atoms with Gasteiger partial charge in [0.05, 0.1) is 0 Å². The van der Waals surface area contributed by atoms with Crippen molar-refractivity contribution >= 4 is 22.3 Å². The number of amides is 1. The topological polar surface area (TPSA) is 126 Å². The van der Waals surface area contributed by atoms with Gasteiger partial charge in [-0.1, -0.05) is 91.0 Å². The molecule has 0 saturated heterocycles. The lowest BCUT2D eigenvalue weighted by Crippen LogP contribution is -2.36. The van der Waals surface area contributed by atoms with E-state index in [1.165, 1.54) is 12.3 Å². The normalized spacial score (nSPS) is 11.0. The lowest BCUT2D eigenvalue weighted by atomic mass is 10.1. The number of esters is 1. The average Bonchev–Trinajstić information content (AvgIpc) is 3.50. The first-order valence-corrected chi connectivity index (χ1v) is 14.6.